The molecule has 1 atom stereocenters. The lowest BCUT2D eigenvalue weighted by Gasteiger charge is -2.18. The molecule has 37 heavy (non-hydrogen) atoms. The monoisotopic (exact) mass is 497 g/mol. The first-order valence-corrected chi connectivity index (χ1v) is 13.7. The first kappa shape index (κ1) is 28.3. The van der Waals surface area contributed by atoms with Crippen LogP contribution in [0, 0.1) is 0 Å². The third-order valence-corrected chi connectivity index (χ3v) is 7.15. The number of Topliss-reactive ketones (excluding diaryl/α,β-unsaturated/α-hetero) is 1. The van der Waals surface area contributed by atoms with Gasteiger partial charge in [-0.1, -0.05) is 76.1 Å². The fraction of sp³-hybridized carbons (Fsp3) is 0.382. The molecule has 1 aromatic rings. The Morgan fingerprint density at radius 2 is 1.92 bits per heavy atom. The van der Waals surface area contributed by atoms with E-state index in [0.717, 1.165) is 49.8 Å². The Bertz CT molecular complexity index is 1240. The van der Waals surface area contributed by atoms with E-state index in [4.69, 9.17) is 0 Å². The topological polar surface area (TPSA) is 29.4 Å². The summed E-state index contributed by atoms with van der Waals surface area (Å²) >= 11 is 0. The molecule has 2 aliphatic rings. The predicted octanol–water partition coefficient (Wildman–Crippen LogP) is 9.69. The molecule has 1 aliphatic heterocycles. The van der Waals surface area contributed by atoms with Crippen LogP contribution in [0.15, 0.2) is 99.2 Å². The van der Waals surface area contributed by atoms with Gasteiger partial charge in [0.1, 0.15) is 5.83 Å². The molecule has 0 saturated heterocycles. The van der Waals surface area contributed by atoms with Crippen molar-refractivity contribution < 1.29 is 9.18 Å². The standard InChI is InChI=1S/C34H40FNO/c1-6-11-24(4)31(22-16-26-15-21-29(12-7-2)36-23-26)28-19-17-27(18-20-28)25(5)34(37)32-13-9-10-14-33(35)30(32)8-3/h9,12-15,17-20,23,25H,6-8,11,16,21-22H2,1-5H3. The highest BCUT2D eigenvalue weighted by atomic mass is 19.1. The van der Waals surface area contributed by atoms with Gasteiger partial charge in [-0.25, -0.2) is 4.39 Å². The summed E-state index contributed by atoms with van der Waals surface area (Å²) in [5.74, 6) is -0.805. The van der Waals surface area contributed by atoms with Crippen LogP contribution in [-0.4, -0.2) is 12.0 Å². The van der Waals surface area contributed by atoms with E-state index < -0.39 is 0 Å². The molecule has 0 amide bonds. The van der Waals surface area contributed by atoms with E-state index in [2.05, 4.69) is 67.9 Å². The van der Waals surface area contributed by atoms with Crippen LogP contribution in [0.5, 0.6) is 0 Å². The average Bonchev–Trinajstić information content (AvgIpc) is 3.10. The number of nitrogens with zero attached hydrogens (tertiary/aromatic N) is 1. The van der Waals surface area contributed by atoms with Crippen LogP contribution in [0.3, 0.4) is 0 Å². The quantitative estimate of drug-likeness (QED) is 0.280. The Kier molecular flexibility index (Phi) is 10.6. The molecule has 1 aliphatic carbocycles. The second kappa shape index (κ2) is 13.9. The number of halogens is 1. The van der Waals surface area contributed by atoms with E-state index in [1.807, 2.05) is 20.1 Å². The zero-order valence-corrected chi connectivity index (χ0v) is 23.0. The third kappa shape index (κ3) is 7.37. The van der Waals surface area contributed by atoms with E-state index in [0.29, 0.717) is 17.6 Å². The van der Waals surface area contributed by atoms with Crippen molar-refractivity contribution in [3.05, 3.63) is 105 Å². The Morgan fingerprint density at radius 1 is 1.16 bits per heavy atom. The average molecular weight is 498 g/mol. The molecule has 1 aromatic carbocycles. The summed E-state index contributed by atoms with van der Waals surface area (Å²) in [5.41, 5.74) is 11.0. The fourth-order valence-electron chi connectivity index (χ4n) is 4.96. The molecular formula is C34H40FNO. The summed E-state index contributed by atoms with van der Waals surface area (Å²) in [5, 5.41) is 0. The zero-order chi connectivity index (χ0) is 26.8. The van der Waals surface area contributed by atoms with Gasteiger partial charge >= 0.3 is 0 Å². The maximum Gasteiger partial charge on any atom is 0.170 e. The van der Waals surface area contributed by atoms with Crippen molar-refractivity contribution in [2.24, 2.45) is 4.99 Å². The lowest BCUT2D eigenvalue weighted by Crippen LogP contribution is -2.14. The molecule has 0 saturated carbocycles. The van der Waals surface area contributed by atoms with Gasteiger partial charge in [0.05, 0.1) is 0 Å². The molecule has 1 unspecified atom stereocenters. The van der Waals surface area contributed by atoms with Gasteiger partial charge in [-0.15, -0.1) is 5.73 Å². The largest absolute Gasteiger partial charge is 0.293 e. The number of carbonyl (C=O) groups excluding carboxylic acids is 1. The molecule has 194 valence electrons. The Balaban J connectivity index is 1.78. The molecule has 3 rings (SSSR count). The highest BCUT2D eigenvalue weighted by Crippen LogP contribution is 2.32. The lowest BCUT2D eigenvalue weighted by molar-refractivity contribution is -0.116. The normalized spacial score (nSPS) is 17.9. The maximum absolute atomic E-state index is 14.5. The number of rotatable bonds is 11. The van der Waals surface area contributed by atoms with Gasteiger partial charge in [-0.2, -0.15) is 0 Å². The van der Waals surface area contributed by atoms with Gasteiger partial charge in [0, 0.05) is 35.9 Å². The van der Waals surface area contributed by atoms with E-state index >= 15 is 0 Å². The number of hydrogen-bond donors (Lipinski definition) is 0. The molecule has 0 spiro atoms. The smallest absolute Gasteiger partial charge is 0.170 e. The minimum Gasteiger partial charge on any atom is -0.293 e. The van der Waals surface area contributed by atoms with Gasteiger partial charge in [0.15, 0.2) is 5.78 Å². The first-order valence-electron chi connectivity index (χ1n) is 13.7. The molecule has 2 nitrogen and oxygen atoms in total. The van der Waals surface area contributed by atoms with Crippen LogP contribution < -0.4 is 0 Å². The van der Waals surface area contributed by atoms with Gasteiger partial charge in [0.25, 0.3) is 0 Å². The summed E-state index contributed by atoms with van der Waals surface area (Å²) in [6.45, 7) is 10.4. The third-order valence-electron chi connectivity index (χ3n) is 7.15. The number of benzene rings is 1. The number of ketones is 1. The van der Waals surface area contributed by atoms with Gasteiger partial charge < -0.3 is 0 Å². The molecular weight excluding hydrogens is 457 g/mol. The van der Waals surface area contributed by atoms with E-state index in [1.165, 1.54) is 28.4 Å². The van der Waals surface area contributed by atoms with Crippen molar-refractivity contribution in [3.63, 3.8) is 0 Å². The van der Waals surface area contributed by atoms with Crippen LogP contribution in [0.4, 0.5) is 4.39 Å². The number of aliphatic imine (C=N–C) groups is 1. The second-order valence-electron chi connectivity index (χ2n) is 9.80. The number of allylic oxidation sites excluding steroid dienone is 10. The molecule has 0 radical (unpaired) electrons. The van der Waals surface area contributed by atoms with Gasteiger partial charge in [-0.05, 0) is 79.0 Å². The molecule has 0 bridgehead atoms. The highest BCUT2D eigenvalue weighted by molar-refractivity contribution is 6.04. The highest BCUT2D eigenvalue weighted by Gasteiger charge is 2.24. The molecule has 0 N–H and O–H groups in total. The number of dihydropyridines is 1. The van der Waals surface area contributed by atoms with Crippen LogP contribution in [0.2, 0.25) is 0 Å². The van der Waals surface area contributed by atoms with Crippen LogP contribution >= 0.6 is 0 Å². The van der Waals surface area contributed by atoms with Gasteiger partial charge in [0.2, 0.25) is 0 Å². The lowest BCUT2D eigenvalue weighted by atomic mass is 9.86. The Hall–Kier alpha value is -3.29. The molecule has 1 heterocycles. The minimum atomic E-state index is -0.379. The molecule has 0 fully saturated rings. The fourth-order valence-corrected chi connectivity index (χ4v) is 4.96. The van der Waals surface area contributed by atoms with Crippen LogP contribution in [-0.2, 0) is 4.79 Å². The summed E-state index contributed by atoms with van der Waals surface area (Å²) in [6.07, 6.45) is 17.6. The Morgan fingerprint density at radius 3 is 2.54 bits per heavy atom. The van der Waals surface area contributed by atoms with E-state index in [9.17, 15) is 9.18 Å². The summed E-state index contributed by atoms with van der Waals surface area (Å²) in [4.78, 5) is 18.0. The van der Waals surface area contributed by atoms with Gasteiger partial charge in [-0.3, -0.25) is 9.79 Å². The summed E-state index contributed by atoms with van der Waals surface area (Å²) < 4.78 is 14.5. The van der Waals surface area contributed by atoms with E-state index in [-0.39, 0.29) is 17.5 Å². The summed E-state index contributed by atoms with van der Waals surface area (Å²) in [6, 6.07) is 8.38. The predicted molar refractivity (Wildman–Crippen MR) is 155 cm³/mol. The number of carbonyl (C=O) groups is 1. The minimum absolute atomic E-state index is 0.0638. The summed E-state index contributed by atoms with van der Waals surface area (Å²) in [7, 11) is 0. The van der Waals surface area contributed by atoms with E-state index in [1.54, 1.807) is 12.2 Å². The van der Waals surface area contributed by atoms with Crippen molar-refractivity contribution in [2.75, 3.05) is 0 Å². The van der Waals surface area contributed by atoms with Crippen molar-refractivity contribution in [1.29, 1.82) is 0 Å². The van der Waals surface area contributed by atoms with Crippen molar-refractivity contribution in [2.45, 2.75) is 85.5 Å². The number of hydrogen-bond acceptors (Lipinski definition) is 2. The molecule has 3 heteroatoms. The zero-order valence-electron chi connectivity index (χ0n) is 23.0. The van der Waals surface area contributed by atoms with Crippen LogP contribution in [0.25, 0.3) is 5.57 Å². The Labute approximate surface area is 222 Å². The first-order chi connectivity index (χ1) is 17.9. The van der Waals surface area contributed by atoms with Crippen molar-refractivity contribution >= 4 is 17.6 Å². The SMILES string of the molecule is CCC=C1CC=C(CCC(=C(C)CCC)c2ccc(C(C)C(=O)C3=CC=C=CC(F)=C3CC)cc2)C=N1. The van der Waals surface area contributed by atoms with Crippen molar-refractivity contribution in [1.82, 2.24) is 0 Å². The second-order valence-corrected chi connectivity index (χ2v) is 9.80. The maximum atomic E-state index is 14.5. The van der Waals surface area contributed by atoms with Crippen LogP contribution in [0.1, 0.15) is 96.6 Å². The van der Waals surface area contributed by atoms with Crippen molar-refractivity contribution in [3.8, 4) is 0 Å². The molecule has 0 aromatic heterocycles.